The predicted octanol–water partition coefficient (Wildman–Crippen LogP) is 2.86. The van der Waals surface area contributed by atoms with Crippen LogP contribution in [0.2, 0.25) is 4.34 Å². The molecular weight excluding hydrogens is 441 g/mol. The van der Waals surface area contributed by atoms with Gasteiger partial charge in [-0.1, -0.05) is 11.6 Å². The molecule has 2 aromatic rings. The van der Waals surface area contributed by atoms with Crippen molar-refractivity contribution < 1.29 is 35.2 Å². The standard InChI is InChI=1S/C13H9ClF5N3O3S2/c1-22(27(24,25)7-3-2-5(14)26-7)4-6(23)20-21-13-11(18)9(16)8(15)10(17)12(13)19/h2-3,21H,4H2,1H3,(H,20,23). The summed E-state index contributed by atoms with van der Waals surface area (Å²) in [4.78, 5) is 11.8. The Morgan fingerprint density at radius 3 is 2.07 bits per heavy atom. The topological polar surface area (TPSA) is 78.5 Å². The molecule has 0 spiro atoms. The van der Waals surface area contributed by atoms with E-state index in [9.17, 15) is 35.2 Å². The van der Waals surface area contributed by atoms with Gasteiger partial charge in [0.05, 0.1) is 10.9 Å². The number of thiophene rings is 1. The third-order valence-corrected chi connectivity index (χ3v) is 6.62. The number of amides is 1. The lowest BCUT2D eigenvalue weighted by Crippen LogP contribution is -2.40. The molecule has 2 N–H and O–H groups in total. The summed E-state index contributed by atoms with van der Waals surface area (Å²) in [5, 5.41) is 0. The summed E-state index contributed by atoms with van der Waals surface area (Å²) in [6, 6.07) is 2.54. The number of benzene rings is 1. The van der Waals surface area contributed by atoms with Crippen LogP contribution in [0.15, 0.2) is 16.3 Å². The van der Waals surface area contributed by atoms with Crippen molar-refractivity contribution in [2.45, 2.75) is 4.21 Å². The first-order valence-electron chi connectivity index (χ1n) is 6.74. The fourth-order valence-corrected chi connectivity index (χ4v) is 4.58. The van der Waals surface area contributed by atoms with Crippen LogP contribution >= 0.6 is 22.9 Å². The molecule has 0 aliphatic carbocycles. The van der Waals surface area contributed by atoms with Crippen LogP contribution in [0.1, 0.15) is 0 Å². The van der Waals surface area contributed by atoms with E-state index in [1.807, 2.05) is 0 Å². The van der Waals surface area contributed by atoms with Crippen molar-refractivity contribution >= 4 is 44.6 Å². The number of carbonyl (C=O) groups is 1. The van der Waals surface area contributed by atoms with Crippen LogP contribution in [0.5, 0.6) is 0 Å². The number of carbonyl (C=O) groups excluding carboxylic acids is 1. The molecule has 14 heteroatoms. The second-order valence-corrected chi connectivity index (χ2v) is 8.92. The van der Waals surface area contributed by atoms with E-state index in [2.05, 4.69) is 0 Å². The molecule has 1 heterocycles. The number of nitrogens with one attached hydrogen (secondary N) is 2. The molecule has 0 bridgehead atoms. The number of nitrogens with zero attached hydrogens (tertiary/aromatic N) is 1. The molecule has 6 nitrogen and oxygen atoms in total. The molecule has 0 atom stereocenters. The number of halogens is 6. The molecule has 0 aliphatic heterocycles. The minimum Gasteiger partial charge on any atom is -0.293 e. The average Bonchev–Trinajstić information content (AvgIpc) is 3.05. The normalized spacial score (nSPS) is 11.7. The van der Waals surface area contributed by atoms with Gasteiger partial charge in [0.1, 0.15) is 9.90 Å². The quantitative estimate of drug-likeness (QED) is 0.308. The highest BCUT2D eigenvalue weighted by atomic mass is 35.5. The summed E-state index contributed by atoms with van der Waals surface area (Å²) >= 11 is 6.39. The zero-order chi connectivity index (χ0) is 20.5. The van der Waals surface area contributed by atoms with Gasteiger partial charge in [0.15, 0.2) is 23.3 Å². The molecule has 1 amide bonds. The second-order valence-electron chi connectivity index (χ2n) is 4.94. The van der Waals surface area contributed by atoms with E-state index in [1.165, 1.54) is 12.1 Å². The molecule has 0 aliphatic rings. The third kappa shape index (κ3) is 4.31. The van der Waals surface area contributed by atoms with Gasteiger partial charge < -0.3 is 0 Å². The summed E-state index contributed by atoms with van der Waals surface area (Å²) < 4.78 is 91.1. The highest BCUT2D eigenvalue weighted by molar-refractivity contribution is 7.91. The molecule has 0 fully saturated rings. The van der Waals surface area contributed by atoms with Gasteiger partial charge in [0.2, 0.25) is 5.82 Å². The largest absolute Gasteiger partial charge is 0.293 e. The van der Waals surface area contributed by atoms with Gasteiger partial charge in [-0.05, 0) is 12.1 Å². The van der Waals surface area contributed by atoms with E-state index in [0.29, 0.717) is 4.31 Å². The Morgan fingerprint density at radius 1 is 1.07 bits per heavy atom. The van der Waals surface area contributed by atoms with Crippen molar-refractivity contribution in [1.29, 1.82) is 0 Å². The second kappa shape index (κ2) is 7.96. The Hall–Kier alpha value is -1.96. The van der Waals surface area contributed by atoms with Gasteiger partial charge >= 0.3 is 0 Å². The number of hydrogen-bond donors (Lipinski definition) is 2. The number of likely N-dealkylation sites (N-methyl/N-ethyl adjacent to an activating group) is 1. The fourth-order valence-electron chi connectivity index (χ4n) is 1.76. The van der Waals surface area contributed by atoms with E-state index in [4.69, 9.17) is 11.6 Å². The van der Waals surface area contributed by atoms with E-state index in [-0.39, 0.29) is 8.55 Å². The molecule has 27 heavy (non-hydrogen) atoms. The summed E-state index contributed by atoms with van der Waals surface area (Å²) in [5.74, 6) is -12.3. The maximum Gasteiger partial charge on any atom is 0.253 e. The van der Waals surface area contributed by atoms with E-state index in [0.717, 1.165) is 18.4 Å². The smallest absolute Gasteiger partial charge is 0.253 e. The number of rotatable bonds is 6. The number of sulfonamides is 1. The van der Waals surface area contributed by atoms with Crippen LogP contribution in [-0.2, 0) is 14.8 Å². The minimum absolute atomic E-state index is 0.157. The van der Waals surface area contributed by atoms with Crippen LogP contribution < -0.4 is 10.9 Å². The molecule has 0 radical (unpaired) electrons. The number of hydrogen-bond acceptors (Lipinski definition) is 5. The van der Waals surface area contributed by atoms with Gasteiger partial charge in [-0.15, -0.1) is 11.3 Å². The number of hydrazine groups is 1. The van der Waals surface area contributed by atoms with E-state index >= 15 is 0 Å². The summed E-state index contributed by atoms with van der Waals surface area (Å²) in [6.45, 7) is -0.819. The molecule has 148 valence electrons. The monoisotopic (exact) mass is 449 g/mol. The predicted molar refractivity (Wildman–Crippen MR) is 87.1 cm³/mol. The Bertz CT molecular complexity index is 970. The highest BCUT2D eigenvalue weighted by Gasteiger charge is 2.27. The fraction of sp³-hybridized carbons (Fsp3) is 0.154. The van der Waals surface area contributed by atoms with Crippen molar-refractivity contribution in [2.24, 2.45) is 0 Å². The van der Waals surface area contributed by atoms with E-state index < -0.39 is 57.2 Å². The average molecular weight is 450 g/mol. The van der Waals surface area contributed by atoms with Gasteiger partial charge in [-0.3, -0.25) is 15.6 Å². The van der Waals surface area contributed by atoms with Crippen molar-refractivity contribution in [1.82, 2.24) is 9.73 Å². The van der Waals surface area contributed by atoms with E-state index in [1.54, 1.807) is 10.9 Å². The van der Waals surface area contributed by atoms with Crippen molar-refractivity contribution in [3.63, 3.8) is 0 Å². The number of anilines is 1. The maximum absolute atomic E-state index is 13.5. The van der Waals surface area contributed by atoms with Gasteiger partial charge in [0.25, 0.3) is 15.9 Å². The van der Waals surface area contributed by atoms with Gasteiger partial charge in [0, 0.05) is 7.05 Å². The molecule has 1 aromatic heterocycles. The minimum atomic E-state index is -4.07. The Kier molecular flexibility index (Phi) is 6.29. The molecule has 1 aromatic carbocycles. The van der Waals surface area contributed by atoms with Crippen LogP contribution in [-0.4, -0.2) is 32.2 Å². The Morgan fingerprint density at radius 2 is 1.59 bits per heavy atom. The van der Waals surface area contributed by atoms with Crippen LogP contribution in [0.25, 0.3) is 0 Å². The SMILES string of the molecule is CN(CC(=O)NNc1c(F)c(F)c(F)c(F)c1F)S(=O)(=O)c1ccc(Cl)s1. The van der Waals surface area contributed by atoms with Crippen LogP contribution in [0.3, 0.4) is 0 Å². The molecule has 0 saturated carbocycles. The Labute approximate surface area is 158 Å². The molecule has 0 unspecified atom stereocenters. The first-order valence-corrected chi connectivity index (χ1v) is 9.38. The molecule has 0 saturated heterocycles. The highest BCUT2D eigenvalue weighted by Crippen LogP contribution is 2.28. The van der Waals surface area contributed by atoms with Gasteiger partial charge in [-0.2, -0.15) is 4.31 Å². The maximum atomic E-state index is 13.5. The molecule has 2 rings (SSSR count). The van der Waals surface area contributed by atoms with Crippen LogP contribution in [0, 0.1) is 29.1 Å². The lowest BCUT2D eigenvalue weighted by molar-refractivity contribution is -0.120. The summed E-state index contributed by atoms with van der Waals surface area (Å²) in [7, 11) is -3.03. The first-order chi connectivity index (χ1) is 12.5. The Balaban J connectivity index is 2.09. The zero-order valence-electron chi connectivity index (χ0n) is 13.1. The van der Waals surface area contributed by atoms with Crippen molar-refractivity contribution in [3.8, 4) is 0 Å². The van der Waals surface area contributed by atoms with Crippen LogP contribution in [0.4, 0.5) is 27.6 Å². The zero-order valence-corrected chi connectivity index (χ0v) is 15.5. The summed E-state index contributed by atoms with van der Waals surface area (Å²) in [6.07, 6.45) is 0. The third-order valence-electron chi connectivity index (χ3n) is 3.12. The lowest BCUT2D eigenvalue weighted by atomic mass is 10.2. The first kappa shape index (κ1) is 21.3. The van der Waals surface area contributed by atoms with Crippen molar-refractivity contribution in [2.75, 3.05) is 19.0 Å². The molecular formula is C13H9ClF5N3O3S2. The van der Waals surface area contributed by atoms with Crippen molar-refractivity contribution in [3.05, 3.63) is 45.6 Å². The van der Waals surface area contributed by atoms with Gasteiger partial charge in [-0.25, -0.2) is 30.4 Å². The lowest BCUT2D eigenvalue weighted by Gasteiger charge is -2.17. The summed E-state index contributed by atoms with van der Waals surface area (Å²) in [5.41, 5.74) is 1.72.